The Bertz CT molecular complexity index is 605. The molecule has 96 valence electrons. The highest BCUT2D eigenvalue weighted by molar-refractivity contribution is 7.21. The van der Waals surface area contributed by atoms with Gasteiger partial charge in [-0.15, -0.1) is 11.3 Å². The lowest BCUT2D eigenvalue weighted by atomic mass is 10.1. The molecule has 0 aliphatic rings. The first kappa shape index (κ1) is 12.8. The van der Waals surface area contributed by atoms with E-state index in [-0.39, 0.29) is 10.8 Å². The molecule has 6 heteroatoms. The molecule has 0 aromatic carbocycles. The van der Waals surface area contributed by atoms with Crippen LogP contribution < -0.4 is 4.90 Å². The molecule has 0 atom stereocenters. The molecule has 5 nitrogen and oxygen atoms in total. The molecule has 0 amide bonds. The van der Waals surface area contributed by atoms with Gasteiger partial charge in [0.15, 0.2) is 0 Å². The molecule has 2 aromatic rings. The van der Waals surface area contributed by atoms with E-state index in [1.165, 1.54) is 11.3 Å². The summed E-state index contributed by atoms with van der Waals surface area (Å²) in [5.41, 5.74) is 2.17. The molecule has 0 saturated carbocycles. The molecule has 0 bridgehead atoms. The van der Waals surface area contributed by atoms with Crippen LogP contribution in [0, 0.1) is 0 Å². The fourth-order valence-electron chi connectivity index (χ4n) is 1.71. The number of carbonyl (C=O) groups is 1. The summed E-state index contributed by atoms with van der Waals surface area (Å²) >= 11 is 1.18. The Morgan fingerprint density at radius 1 is 1.44 bits per heavy atom. The van der Waals surface area contributed by atoms with Gasteiger partial charge in [0.25, 0.3) is 0 Å². The van der Waals surface area contributed by atoms with Crippen molar-refractivity contribution >= 4 is 33.3 Å². The van der Waals surface area contributed by atoms with E-state index in [1.54, 1.807) is 11.1 Å². The van der Waals surface area contributed by atoms with Crippen LogP contribution in [0.4, 0.5) is 5.69 Å². The van der Waals surface area contributed by atoms with E-state index in [4.69, 9.17) is 0 Å². The number of aromatic nitrogens is 2. The number of thiophene rings is 1. The minimum Gasteiger partial charge on any atom is -0.477 e. The van der Waals surface area contributed by atoms with Crippen molar-refractivity contribution in [2.75, 3.05) is 19.0 Å². The quantitative estimate of drug-likeness (QED) is 0.924. The first-order chi connectivity index (χ1) is 8.41. The Balaban J connectivity index is 2.72. The number of hydrogen-bond donors (Lipinski definition) is 1. The maximum absolute atomic E-state index is 11.2. The Labute approximate surface area is 109 Å². The van der Waals surface area contributed by atoms with Gasteiger partial charge in [-0.3, -0.25) is 0 Å². The predicted octanol–water partition coefficient (Wildman–Crippen LogP) is 2.58. The van der Waals surface area contributed by atoms with Crippen molar-refractivity contribution in [1.29, 1.82) is 0 Å². The Kier molecular flexibility index (Phi) is 3.21. The number of aromatic carboxylic acids is 1. The lowest BCUT2D eigenvalue weighted by molar-refractivity contribution is 0.0703. The summed E-state index contributed by atoms with van der Waals surface area (Å²) in [5, 5.41) is 9.22. The first-order valence-electron chi connectivity index (χ1n) is 5.62. The lowest BCUT2D eigenvalue weighted by Gasteiger charge is -2.11. The fourth-order valence-corrected chi connectivity index (χ4v) is 2.76. The van der Waals surface area contributed by atoms with Crippen molar-refractivity contribution < 1.29 is 9.90 Å². The number of anilines is 1. The van der Waals surface area contributed by atoms with E-state index in [2.05, 4.69) is 9.97 Å². The van der Waals surface area contributed by atoms with Crippen molar-refractivity contribution in [2.24, 2.45) is 0 Å². The molecule has 0 spiro atoms. The van der Waals surface area contributed by atoms with E-state index in [0.717, 1.165) is 5.69 Å². The van der Waals surface area contributed by atoms with E-state index >= 15 is 0 Å². The zero-order valence-corrected chi connectivity index (χ0v) is 11.6. The molecule has 0 fully saturated rings. The van der Waals surface area contributed by atoms with Gasteiger partial charge in [0.1, 0.15) is 15.2 Å². The van der Waals surface area contributed by atoms with Crippen LogP contribution in [0.1, 0.15) is 35.1 Å². The normalized spacial score (nSPS) is 11.2. The van der Waals surface area contributed by atoms with Crippen LogP contribution in [0.5, 0.6) is 0 Å². The molecule has 0 radical (unpaired) electrons. The summed E-state index contributed by atoms with van der Waals surface area (Å²) in [6.07, 6.45) is 1.72. The van der Waals surface area contributed by atoms with Gasteiger partial charge in [-0.25, -0.2) is 14.8 Å². The van der Waals surface area contributed by atoms with Crippen LogP contribution in [0.3, 0.4) is 0 Å². The molecular formula is C12H15N3O2S. The molecule has 18 heavy (non-hydrogen) atoms. The van der Waals surface area contributed by atoms with E-state index in [0.29, 0.717) is 16.0 Å². The highest BCUT2D eigenvalue weighted by Crippen LogP contribution is 2.35. The van der Waals surface area contributed by atoms with Crippen LogP contribution >= 0.6 is 11.3 Å². The zero-order valence-electron chi connectivity index (χ0n) is 10.8. The second-order valence-corrected chi connectivity index (χ2v) is 5.58. The minimum absolute atomic E-state index is 0.278. The van der Waals surface area contributed by atoms with Gasteiger partial charge in [-0.05, 0) is 5.92 Å². The summed E-state index contributed by atoms with van der Waals surface area (Å²) < 4.78 is 0. The SMILES string of the molecule is CC(C)c1cnc2c(N(C)C)c(C(=O)O)sc2n1. The average molecular weight is 265 g/mol. The lowest BCUT2D eigenvalue weighted by Crippen LogP contribution is -2.12. The number of nitrogens with zero attached hydrogens (tertiary/aromatic N) is 3. The molecule has 0 saturated heterocycles. The summed E-state index contributed by atoms with van der Waals surface area (Å²) in [6.45, 7) is 4.07. The standard InChI is InChI=1S/C12H15N3O2S/c1-6(2)7-5-13-8-9(15(3)4)10(12(16)17)18-11(8)14-7/h5-6H,1-4H3,(H,16,17). The van der Waals surface area contributed by atoms with Crippen molar-refractivity contribution in [1.82, 2.24) is 9.97 Å². The fraction of sp³-hybridized carbons (Fsp3) is 0.417. The second kappa shape index (κ2) is 4.53. The van der Waals surface area contributed by atoms with Crippen molar-refractivity contribution in [3.05, 3.63) is 16.8 Å². The summed E-state index contributed by atoms with van der Waals surface area (Å²) in [6, 6.07) is 0. The molecule has 1 N–H and O–H groups in total. The Morgan fingerprint density at radius 2 is 2.11 bits per heavy atom. The van der Waals surface area contributed by atoms with Gasteiger partial charge < -0.3 is 10.0 Å². The second-order valence-electron chi connectivity index (χ2n) is 4.58. The minimum atomic E-state index is -0.936. The van der Waals surface area contributed by atoms with Crippen molar-refractivity contribution in [3.63, 3.8) is 0 Å². The van der Waals surface area contributed by atoms with Gasteiger partial charge >= 0.3 is 5.97 Å². The third-order valence-electron chi connectivity index (χ3n) is 2.63. The molecule has 2 rings (SSSR count). The maximum atomic E-state index is 11.2. The molecule has 2 heterocycles. The van der Waals surface area contributed by atoms with Crippen LogP contribution in [-0.4, -0.2) is 35.1 Å². The number of rotatable bonds is 3. The van der Waals surface area contributed by atoms with Gasteiger partial charge in [-0.2, -0.15) is 0 Å². The van der Waals surface area contributed by atoms with E-state index < -0.39 is 5.97 Å². The van der Waals surface area contributed by atoms with Gasteiger partial charge in [0, 0.05) is 20.3 Å². The van der Waals surface area contributed by atoms with Crippen molar-refractivity contribution in [3.8, 4) is 0 Å². The molecular weight excluding hydrogens is 250 g/mol. The van der Waals surface area contributed by atoms with E-state index in [9.17, 15) is 9.90 Å². The smallest absolute Gasteiger partial charge is 0.348 e. The van der Waals surface area contributed by atoms with Crippen LogP contribution in [0.25, 0.3) is 10.3 Å². The first-order valence-corrected chi connectivity index (χ1v) is 6.43. The molecule has 0 aliphatic heterocycles. The highest BCUT2D eigenvalue weighted by Gasteiger charge is 2.21. The topological polar surface area (TPSA) is 66.3 Å². The Morgan fingerprint density at radius 3 is 2.61 bits per heavy atom. The summed E-state index contributed by atoms with van der Waals surface area (Å²) in [4.78, 5) is 22.8. The largest absolute Gasteiger partial charge is 0.477 e. The number of hydrogen-bond acceptors (Lipinski definition) is 5. The highest BCUT2D eigenvalue weighted by atomic mass is 32.1. The predicted molar refractivity (Wildman–Crippen MR) is 72.8 cm³/mol. The van der Waals surface area contributed by atoms with Crippen LogP contribution in [-0.2, 0) is 0 Å². The number of carboxylic acid groups (broad SMARTS) is 1. The van der Waals surface area contributed by atoms with Gasteiger partial charge in [0.05, 0.1) is 11.4 Å². The molecule has 0 aliphatic carbocycles. The third kappa shape index (κ3) is 2.03. The summed E-state index contributed by atoms with van der Waals surface area (Å²) in [5.74, 6) is -0.658. The monoisotopic (exact) mass is 265 g/mol. The van der Waals surface area contributed by atoms with Gasteiger partial charge in [-0.1, -0.05) is 13.8 Å². The third-order valence-corrected chi connectivity index (χ3v) is 3.68. The number of fused-ring (bicyclic) bond motifs is 1. The van der Waals surface area contributed by atoms with E-state index in [1.807, 2.05) is 27.9 Å². The summed E-state index contributed by atoms with van der Waals surface area (Å²) in [7, 11) is 3.62. The van der Waals surface area contributed by atoms with Gasteiger partial charge in [0.2, 0.25) is 0 Å². The van der Waals surface area contributed by atoms with Crippen molar-refractivity contribution in [2.45, 2.75) is 19.8 Å². The maximum Gasteiger partial charge on any atom is 0.348 e. The van der Waals surface area contributed by atoms with Crippen LogP contribution in [0.2, 0.25) is 0 Å². The van der Waals surface area contributed by atoms with Crippen LogP contribution in [0.15, 0.2) is 6.20 Å². The molecule has 2 aromatic heterocycles. The zero-order chi connectivity index (χ0) is 13.4. The average Bonchev–Trinajstić information content (AvgIpc) is 2.66. The number of carboxylic acids is 1. The Hall–Kier alpha value is -1.69. The molecule has 0 unspecified atom stereocenters.